The molecule has 2 aromatic rings. The van der Waals surface area contributed by atoms with Crippen molar-refractivity contribution in [1.29, 1.82) is 0 Å². The van der Waals surface area contributed by atoms with Crippen molar-refractivity contribution >= 4 is 17.8 Å². The number of nitrogens with one attached hydrogen (secondary N) is 1. The molecule has 2 saturated heterocycles. The van der Waals surface area contributed by atoms with Gasteiger partial charge >= 0.3 is 6.03 Å². The number of rotatable bonds is 6. The van der Waals surface area contributed by atoms with Crippen LogP contribution in [0.5, 0.6) is 0 Å². The summed E-state index contributed by atoms with van der Waals surface area (Å²) in [5.41, 5.74) is 1.09. The van der Waals surface area contributed by atoms with E-state index in [1.54, 1.807) is 12.1 Å². The predicted octanol–water partition coefficient (Wildman–Crippen LogP) is 2.70. The quantitative estimate of drug-likeness (QED) is 0.683. The lowest BCUT2D eigenvalue weighted by Crippen LogP contribution is -2.75. The Hall–Kier alpha value is -3.53. The van der Waals surface area contributed by atoms with E-state index in [0.717, 1.165) is 17.7 Å². The highest BCUT2D eigenvalue weighted by Gasteiger charge is 2.50. The zero-order chi connectivity index (χ0) is 25.1. The summed E-state index contributed by atoms with van der Waals surface area (Å²) in [5.74, 6) is -2.01. The number of halogens is 2. The van der Waals surface area contributed by atoms with Gasteiger partial charge < -0.3 is 15.1 Å². The van der Waals surface area contributed by atoms with Gasteiger partial charge in [-0.25, -0.2) is 23.6 Å². The largest absolute Gasteiger partial charge is 0.334 e. The number of hydrazine groups is 1. The van der Waals surface area contributed by atoms with E-state index in [0.29, 0.717) is 19.4 Å². The van der Waals surface area contributed by atoms with Gasteiger partial charge in [-0.15, -0.1) is 0 Å². The third-order valence-electron chi connectivity index (χ3n) is 6.37. The van der Waals surface area contributed by atoms with Gasteiger partial charge in [-0.05, 0) is 18.1 Å². The van der Waals surface area contributed by atoms with Crippen LogP contribution < -0.4 is 5.32 Å². The van der Waals surface area contributed by atoms with Crippen LogP contribution in [0, 0.1) is 11.6 Å². The average molecular weight is 486 g/mol. The maximum Gasteiger partial charge on any atom is 0.334 e. The van der Waals surface area contributed by atoms with Gasteiger partial charge in [-0.2, -0.15) is 0 Å². The number of urea groups is 1. The first-order chi connectivity index (χ1) is 16.8. The molecule has 2 aliphatic heterocycles. The smallest absolute Gasteiger partial charge is 0.333 e. The number of nitrogens with zero attached hydrogens (tertiary/aromatic N) is 4. The zero-order valence-corrected chi connectivity index (χ0v) is 19.8. The van der Waals surface area contributed by atoms with Crippen LogP contribution in [0.2, 0.25) is 0 Å². The van der Waals surface area contributed by atoms with E-state index >= 15 is 0 Å². The first kappa shape index (κ1) is 24.6. The molecule has 0 saturated carbocycles. The highest BCUT2D eigenvalue weighted by Crippen LogP contribution is 2.29. The summed E-state index contributed by atoms with van der Waals surface area (Å²) in [6.07, 6.45) is 0.295. The van der Waals surface area contributed by atoms with Crippen molar-refractivity contribution in [2.24, 2.45) is 0 Å². The fourth-order valence-corrected chi connectivity index (χ4v) is 4.71. The van der Waals surface area contributed by atoms with Crippen LogP contribution in [0.3, 0.4) is 0 Å². The molecule has 10 heteroatoms. The number of hydrogen-bond donors (Lipinski definition) is 1. The number of fused-ring (bicyclic) bond motifs is 1. The first-order valence-electron chi connectivity index (χ1n) is 11.7. The van der Waals surface area contributed by atoms with Crippen molar-refractivity contribution in [3.05, 3.63) is 71.3 Å². The number of likely N-dealkylation sites (N-methyl/N-ethyl adjacent to an activating group) is 1. The summed E-state index contributed by atoms with van der Waals surface area (Å²) in [7, 11) is 1.65. The molecule has 1 N–H and O–H groups in total. The van der Waals surface area contributed by atoms with Gasteiger partial charge in [0.05, 0.1) is 13.1 Å². The number of carbonyl (C=O) groups excluding carboxylic acids is 3. The predicted molar refractivity (Wildman–Crippen MR) is 124 cm³/mol. The van der Waals surface area contributed by atoms with Crippen LogP contribution in [0.15, 0.2) is 48.5 Å². The lowest BCUT2D eigenvalue weighted by molar-refractivity contribution is -0.188. The summed E-state index contributed by atoms with van der Waals surface area (Å²) >= 11 is 0. The number of benzene rings is 2. The summed E-state index contributed by atoms with van der Waals surface area (Å²) in [5, 5.41) is 5.88. The normalized spacial score (nSPS) is 20.7. The van der Waals surface area contributed by atoms with Crippen LogP contribution in [0.4, 0.5) is 13.6 Å². The maximum atomic E-state index is 14.4. The molecule has 0 radical (unpaired) electrons. The third-order valence-corrected chi connectivity index (χ3v) is 6.37. The summed E-state index contributed by atoms with van der Waals surface area (Å²) in [4.78, 5) is 42.6. The molecular formula is C25H29F2N5O3. The van der Waals surface area contributed by atoms with Crippen LogP contribution in [-0.4, -0.2) is 70.0 Å². The molecule has 0 aromatic heterocycles. The Bertz CT molecular complexity index is 1100. The Balaban J connectivity index is 1.61. The van der Waals surface area contributed by atoms with Gasteiger partial charge in [0.2, 0.25) is 11.8 Å². The minimum absolute atomic E-state index is 0.00466. The monoisotopic (exact) mass is 485 g/mol. The Morgan fingerprint density at radius 1 is 1.11 bits per heavy atom. The van der Waals surface area contributed by atoms with Gasteiger partial charge in [-0.3, -0.25) is 9.59 Å². The Morgan fingerprint density at radius 2 is 1.86 bits per heavy atom. The molecule has 0 spiro atoms. The molecule has 2 heterocycles. The molecule has 2 fully saturated rings. The SMILES string of the molecule is CCC[C@H]1C(=O)N(Cc2ccc(F)cc2F)C[C@H]2N1C(=O)CN(C)N2C(=O)NCc1ccccc1. The Labute approximate surface area is 203 Å². The van der Waals surface area contributed by atoms with Crippen LogP contribution in [0.25, 0.3) is 0 Å². The van der Waals surface area contributed by atoms with Gasteiger partial charge in [-0.1, -0.05) is 49.7 Å². The lowest BCUT2D eigenvalue weighted by atomic mass is 10.0. The van der Waals surface area contributed by atoms with Crippen molar-refractivity contribution < 1.29 is 23.2 Å². The second-order valence-electron chi connectivity index (χ2n) is 8.85. The van der Waals surface area contributed by atoms with Crippen molar-refractivity contribution in [2.75, 3.05) is 20.1 Å². The second-order valence-corrected chi connectivity index (χ2v) is 8.85. The highest BCUT2D eigenvalue weighted by molar-refractivity contribution is 5.91. The minimum Gasteiger partial charge on any atom is -0.333 e. The van der Waals surface area contributed by atoms with E-state index < -0.39 is 29.9 Å². The molecule has 0 bridgehead atoms. The summed E-state index contributed by atoms with van der Waals surface area (Å²) in [6, 6.07) is 11.5. The zero-order valence-electron chi connectivity index (χ0n) is 19.8. The van der Waals surface area contributed by atoms with E-state index in [2.05, 4.69) is 5.32 Å². The maximum absolute atomic E-state index is 14.4. The molecule has 2 aromatic carbocycles. The lowest BCUT2D eigenvalue weighted by Gasteiger charge is -2.54. The van der Waals surface area contributed by atoms with Gasteiger partial charge in [0.15, 0.2) is 0 Å². The number of carbonyl (C=O) groups is 3. The molecule has 2 atom stereocenters. The van der Waals surface area contributed by atoms with Gasteiger partial charge in [0.1, 0.15) is 23.8 Å². The topological polar surface area (TPSA) is 76.2 Å². The Morgan fingerprint density at radius 3 is 2.54 bits per heavy atom. The number of piperazine rings is 1. The highest BCUT2D eigenvalue weighted by atomic mass is 19.1. The summed E-state index contributed by atoms with van der Waals surface area (Å²) < 4.78 is 27.8. The van der Waals surface area contributed by atoms with E-state index in [-0.39, 0.29) is 37.0 Å². The van der Waals surface area contributed by atoms with Gasteiger partial charge in [0.25, 0.3) is 0 Å². The van der Waals surface area contributed by atoms with E-state index in [9.17, 15) is 23.2 Å². The standard InChI is InChI=1S/C25H29F2N5O3/c1-3-7-21-24(34)30(14-18-10-11-19(26)12-20(18)27)15-22-31(21)23(33)16-29(2)32(22)25(35)28-13-17-8-5-4-6-9-17/h4-6,8-12,21-22H,3,7,13-16H2,1-2H3,(H,28,35)/t21-,22-/m0/s1. The molecule has 186 valence electrons. The molecular weight excluding hydrogens is 456 g/mol. The van der Waals surface area contributed by atoms with Crippen LogP contribution in [-0.2, 0) is 22.7 Å². The first-order valence-corrected chi connectivity index (χ1v) is 11.7. The Kier molecular flexibility index (Phi) is 7.30. The third kappa shape index (κ3) is 5.12. The molecule has 8 nitrogen and oxygen atoms in total. The van der Waals surface area contributed by atoms with Crippen molar-refractivity contribution in [2.45, 2.75) is 45.1 Å². The molecule has 2 aliphatic rings. The fraction of sp³-hybridized carbons (Fsp3) is 0.400. The van der Waals surface area contributed by atoms with Gasteiger partial charge in [0, 0.05) is 31.8 Å². The number of amides is 4. The van der Waals surface area contributed by atoms with Crippen LogP contribution >= 0.6 is 0 Å². The molecule has 0 aliphatic carbocycles. The molecule has 35 heavy (non-hydrogen) atoms. The molecule has 4 amide bonds. The van der Waals surface area contributed by atoms with Crippen molar-refractivity contribution in [3.8, 4) is 0 Å². The van der Waals surface area contributed by atoms with Crippen LogP contribution in [0.1, 0.15) is 30.9 Å². The summed E-state index contributed by atoms with van der Waals surface area (Å²) in [6.45, 7) is 2.07. The van der Waals surface area contributed by atoms with Crippen molar-refractivity contribution in [1.82, 2.24) is 25.1 Å². The average Bonchev–Trinajstić information content (AvgIpc) is 2.82. The molecule has 0 unspecified atom stereocenters. The molecule has 4 rings (SSSR count). The van der Waals surface area contributed by atoms with E-state index in [1.807, 2.05) is 37.3 Å². The number of hydrogen-bond acceptors (Lipinski definition) is 4. The fourth-order valence-electron chi connectivity index (χ4n) is 4.71. The van der Waals surface area contributed by atoms with Crippen molar-refractivity contribution in [3.63, 3.8) is 0 Å². The van der Waals surface area contributed by atoms with E-state index in [4.69, 9.17) is 0 Å². The van der Waals surface area contributed by atoms with E-state index in [1.165, 1.54) is 20.9 Å². The minimum atomic E-state index is -0.770. The second kappa shape index (κ2) is 10.4.